The zero-order valence-corrected chi connectivity index (χ0v) is 25.2. The topological polar surface area (TPSA) is 23.6 Å². The first-order chi connectivity index (χ1) is 17.5. The zero-order chi connectivity index (χ0) is 27.0. The molecule has 1 heterocycles. The molecule has 0 amide bonds. The fourth-order valence-electron chi connectivity index (χ4n) is 3.77. The predicted molar refractivity (Wildman–Crippen MR) is 165 cm³/mol. The Kier molecular flexibility index (Phi) is 22.7. The van der Waals surface area contributed by atoms with E-state index in [1.807, 2.05) is 13.8 Å². The van der Waals surface area contributed by atoms with E-state index in [9.17, 15) is 4.79 Å². The normalized spacial score (nSPS) is 16.8. The Morgan fingerprint density at radius 1 is 0.722 bits per heavy atom. The molecule has 0 aromatic rings. The number of hydrogen-bond acceptors (Lipinski definition) is 4. The molecule has 1 fully saturated rings. The van der Waals surface area contributed by atoms with Crippen LogP contribution in [0.15, 0.2) is 70.1 Å². The Balaban J connectivity index is 0.00000596. The molecule has 36 heavy (non-hydrogen) atoms. The molecule has 0 radical (unpaired) electrons. The number of allylic oxidation sites excluding steroid dienone is 11. The van der Waals surface area contributed by atoms with Gasteiger partial charge in [-0.05, 0) is 54.9 Å². The monoisotopic (exact) mass is 514 g/mol. The van der Waals surface area contributed by atoms with E-state index in [1.165, 1.54) is 9.81 Å². The molecule has 204 valence electrons. The van der Waals surface area contributed by atoms with Gasteiger partial charge in [0.25, 0.3) is 0 Å². The molecule has 1 aliphatic rings. The SMILES string of the molecule is CC.CC/C=C\C=C/CCN1CCN(CCC(=O)/C(=C/C=C(\C)S/C(C)=C/C=C\CC)CCC)CC1. The number of carbonyl (C=O) groups is 1. The molecule has 0 saturated carbocycles. The summed E-state index contributed by atoms with van der Waals surface area (Å²) in [5.41, 5.74) is 0.970. The smallest absolute Gasteiger partial charge is 0.160 e. The fourth-order valence-corrected chi connectivity index (χ4v) is 4.56. The third-order valence-electron chi connectivity index (χ3n) is 5.77. The molecule has 0 aliphatic carbocycles. The Morgan fingerprint density at radius 2 is 1.28 bits per heavy atom. The lowest BCUT2D eigenvalue weighted by Gasteiger charge is -2.34. The second-order valence-electron chi connectivity index (χ2n) is 8.84. The van der Waals surface area contributed by atoms with Gasteiger partial charge in [0, 0.05) is 45.7 Å². The van der Waals surface area contributed by atoms with Crippen molar-refractivity contribution in [3.8, 4) is 0 Å². The Morgan fingerprint density at radius 3 is 1.89 bits per heavy atom. The van der Waals surface area contributed by atoms with Gasteiger partial charge in [0.05, 0.1) is 0 Å². The summed E-state index contributed by atoms with van der Waals surface area (Å²) in [7, 11) is 0. The molecule has 0 spiro atoms. The van der Waals surface area contributed by atoms with Crippen LogP contribution in [0.4, 0.5) is 0 Å². The molecule has 0 N–H and O–H groups in total. The quantitative estimate of drug-likeness (QED) is 0.152. The van der Waals surface area contributed by atoms with Crippen molar-refractivity contribution < 1.29 is 4.79 Å². The van der Waals surface area contributed by atoms with Crippen molar-refractivity contribution in [1.82, 2.24) is 9.80 Å². The molecule has 0 bridgehead atoms. The van der Waals surface area contributed by atoms with Gasteiger partial charge >= 0.3 is 0 Å². The maximum absolute atomic E-state index is 12.9. The number of piperazine rings is 1. The van der Waals surface area contributed by atoms with Crippen LogP contribution in [0.2, 0.25) is 0 Å². The standard InChI is InChI=1S/C30H48N2OS.C2H6/c1-6-9-11-12-13-15-21-31-23-25-32(26-24-31)22-20-30(33)29(16-8-3)19-18-28(5)34-27(4)17-14-10-7-2;1-2/h9-14,17-19H,6-8,15-16,20-26H2,1-5H3;1-2H3/b11-9-,13-12-,14-10-,27-17+,28-18+,29-19+;. The summed E-state index contributed by atoms with van der Waals surface area (Å²) < 4.78 is 0. The van der Waals surface area contributed by atoms with Crippen LogP contribution in [0.3, 0.4) is 0 Å². The number of hydrogen-bond donors (Lipinski definition) is 0. The van der Waals surface area contributed by atoms with Gasteiger partial charge in [0.2, 0.25) is 0 Å². The largest absolute Gasteiger partial charge is 0.300 e. The Labute approximate surface area is 228 Å². The summed E-state index contributed by atoms with van der Waals surface area (Å²) in [4.78, 5) is 20.4. The minimum absolute atomic E-state index is 0.307. The van der Waals surface area contributed by atoms with Crippen molar-refractivity contribution in [2.75, 3.05) is 39.3 Å². The zero-order valence-electron chi connectivity index (χ0n) is 24.4. The van der Waals surface area contributed by atoms with E-state index in [1.54, 1.807) is 11.8 Å². The third-order valence-corrected chi connectivity index (χ3v) is 6.69. The fraction of sp³-hybridized carbons (Fsp3) is 0.594. The van der Waals surface area contributed by atoms with Gasteiger partial charge in [-0.1, -0.05) is 107 Å². The van der Waals surface area contributed by atoms with Crippen molar-refractivity contribution >= 4 is 17.5 Å². The lowest BCUT2D eigenvalue weighted by molar-refractivity contribution is -0.116. The highest BCUT2D eigenvalue weighted by Crippen LogP contribution is 2.25. The third kappa shape index (κ3) is 17.8. The first-order valence-corrected chi connectivity index (χ1v) is 15.0. The van der Waals surface area contributed by atoms with E-state index in [4.69, 9.17) is 0 Å². The van der Waals surface area contributed by atoms with Gasteiger partial charge in [-0.3, -0.25) is 4.79 Å². The molecule has 0 atom stereocenters. The number of rotatable bonds is 16. The number of nitrogens with zero attached hydrogens (tertiary/aromatic N) is 2. The second kappa shape index (κ2) is 23.8. The molecular formula is C32H54N2OS. The highest BCUT2D eigenvalue weighted by atomic mass is 32.2. The van der Waals surface area contributed by atoms with Crippen LogP contribution < -0.4 is 0 Å². The van der Waals surface area contributed by atoms with Crippen LogP contribution in [0, 0.1) is 0 Å². The van der Waals surface area contributed by atoms with Gasteiger partial charge < -0.3 is 9.80 Å². The number of carbonyl (C=O) groups excluding carboxylic acids is 1. The average molecular weight is 515 g/mol. The number of Topliss-reactive ketones (excluding diaryl/α,β-unsaturated/α-hetero) is 1. The predicted octanol–water partition coefficient (Wildman–Crippen LogP) is 8.74. The van der Waals surface area contributed by atoms with Crippen molar-refractivity contribution in [1.29, 1.82) is 0 Å². The van der Waals surface area contributed by atoms with Crippen LogP contribution >= 0.6 is 11.8 Å². The van der Waals surface area contributed by atoms with Crippen molar-refractivity contribution in [3.05, 3.63) is 70.1 Å². The van der Waals surface area contributed by atoms with Gasteiger partial charge in [-0.2, -0.15) is 0 Å². The van der Waals surface area contributed by atoms with Crippen molar-refractivity contribution in [2.45, 2.75) is 87.0 Å². The summed E-state index contributed by atoms with van der Waals surface area (Å²) in [6.07, 6.45) is 25.1. The molecule has 1 saturated heterocycles. The van der Waals surface area contributed by atoms with Crippen molar-refractivity contribution in [3.63, 3.8) is 0 Å². The first-order valence-electron chi connectivity index (χ1n) is 14.2. The van der Waals surface area contributed by atoms with Crippen molar-refractivity contribution in [2.24, 2.45) is 0 Å². The summed E-state index contributed by atoms with van der Waals surface area (Å²) in [5, 5.41) is 0. The molecule has 0 aromatic heterocycles. The van der Waals surface area contributed by atoms with Crippen LogP contribution in [0.25, 0.3) is 0 Å². The second-order valence-corrected chi connectivity index (χ2v) is 10.3. The average Bonchev–Trinajstić information content (AvgIpc) is 2.89. The summed E-state index contributed by atoms with van der Waals surface area (Å²) in [6.45, 7) is 21.0. The van der Waals surface area contributed by atoms with Gasteiger partial charge in [-0.15, -0.1) is 0 Å². The highest BCUT2D eigenvalue weighted by molar-refractivity contribution is 8.06. The molecule has 4 heteroatoms. The lowest BCUT2D eigenvalue weighted by atomic mass is 10.0. The van der Waals surface area contributed by atoms with Crippen LogP contribution in [0.5, 0.6) is 0 Å². The van der Waals surface area contributed by atoms with E-state index >= 15 is 0 Å². The van der Waals surface area contributed by atoms with E-state index in [-0.39, 0.29) is 0 Å². The molecule has 0 unspecified atom stereocenters. The maximum Gasteiger partial charge on any atom is 0.160 e. The first kappa shape index (κ1) is 34.4. The minimum atomic E-state index is 0.307. The summed E-state index contributed by atoms with van der Waals surface area (Å²) in [6, 6.07) is 0. The van der Waals surface area contributed by atoms with Gasteiger partial charge in [0.15, 0.2) is 5.78 Å². The molecule has 1 rings (SSSR count). The van der Waals surface area contributed by atoms with Crippen LogP contribution in [0.1, 0.15) is 87.0 Å². The summed E-state index contributed by atoms with van der Waals surface area (Å²) >= 11 is 1.76. The van der Waals surface area contributed by atoms with E-state index < -0.39 is 0 Å². The number of thioether (sulfide) groups is 1. The molecule has 3 nitrogen and oxygen atoms in total. The molecule has 1 aliphatic heterocycles. The minimum Gasteiger partial charge on any atom is -0.300 e. The van der Waals surface area contributed by atoms with Gasteiger partial charge in [-0.25, -0.2) is 0 Å². The lowest BCUT2D eigenvalue weighted by Crippen LogP contribution is -2.47. The Bertz CT molecular complexity index is 750. The molecule has 0 aromatic carbocycles. The summed E-state index contributed by atoms with van der Waals surface area (Å²) in [5.74, 6) is 0.307. The van der Waals surface area contributed by atoms with E-state index in [2.05, 4.69) is 99.1 Å². The van der Waals surface area contributed by atoms with E-state index in [0.29, 0.717) is 12.2 Å². The highest BCUT2D eigenvalue weighted by Gasteiger charge is 2.17. The number of ketones is 1. The molecular weight excluding hydrogens is 460 g/mol. The van der Waals surface area contributed by atoms with Crippen LogP contribution in [-0.4, -0.2) is 54.9 Å². The van der Waals surface area contributed by atoms with Gasteiger partial charge in [0.1, 0.15) is 0 Å². The van der Waals surface area contributed by atoms with E-state index in [0.717, 1.165) is 76.9 Å². The maximum atomic E-state index is 12.9. The Hall–Kier alpha value is -1.62. The van der Waals surface area contributed by atoms with Crippen LogP contribution in [-0.2, 0) is 4.79 Å².